The van der Waals surface area contributed by atoms with Gasteiger partial charge in [-0.05, 0) is 30.7 Å². The van der Waals surface area contributed by atoms with Gasteiger partial charge in [-0.25, -0.2) is 4.79 Å². The Hall–Kier alpha value is -2.80. The molecule has 0 aromatic heterocycles. The number of nitrogens with zero attached hydrogens (tertiary/aromatic N) is 1. The van der Waals surface area contributed by atoms with Gasteiger partial charge in [0.15, 0.2) is 6.04 Å². The van der Waals surface area contributed by atoms with Crippen LogP contribution in [-0.2, 0) is 4.79 Å². The summed E-state index contributed by atoms with van der Waals surface area (Å²) in [4.78, 5) is 11.4. The van der Waals surface area contributed by atoms with Crippen molar-refractivity contribution in [1.82, 2.24) is 0 Å². The summed E-state index contributed by atoms with van der Waals surface area (Å²) < 4.78 is 0. The molecule has 20 heavy (non-hydrogen) atoms. The number of aliphatic carboxylic acids is 1. The van der Waals surface area contributed by atoms with E-state index in [9.17, 15) is 9.90 Å². The molecule has 0 saturated carbocycles. The van der Waals surface area contributed by atoms with Gasteiger partial charge in [0.1, 0.15) is 0 Å². The number of carboxylic acids is 1. The van der Waals surface area contributed by atoms with Crippen LogP contribution in [0.4, 0.5) is 5.69 Å². The number of anilines is 1. The molecule has 2 rings (SSSR count). The maximum atomic E-state index is 11.4. The molecule has 0 fully saturated rings. The molecule has 2 N–H and O–H groups in total. The van der Waals surface area contributed by atoms with Gasteiger partial charge in [0.05, 0.1) is 11.6 Å². The van der Waals surface area contributed by atoms with Gasteiger partial charge < -0.3 is 10.4 Å². The highest BCUT2D eigenvalue weighted by Gasteiger charge is 2.19. The van der Waals surface area contributed by atoms with Crippen molar-refractivity contribution in [2.45, 2.75) is 13.0 Å². The predicted octanol–water partition coefficient (Wildman–Crippen LogP) is 3.10. The molecule has 2 aromatic carbocycles. The summed E-state index contributed by atoms with van der Waals surface area (Å²) in [7, 11) is 0. The number of nitriles is 1. The Kier molecular flexibility index (Phi) is 4.02. The average molecular weight is 266 g/mol. The van der Waals surface area contributed by atoms with Crippen LogP contribution in [0.15, 0.2) is 48.5 Å². The summed E-state index contributed by atoms with van der Waals surface area (Å²) >= 11 is 0. The lowest BCUT2D eigenvalue weighted by Crippen LogP contribution is -2.20. The summed E-state index contributed by atoms with van der Waals surface area (Å²) in [6, 6.07) is 15.3. The van der Waals surface area contributed by atoms with E-state index in [0.717, 1.165) is 5.56 Å². The number of aryl methyl sites for hydroxylation is 1. The SMILES string of the molecule is Cc1ccc(C(Nc2cccc(C#N)c2)C(=O)O)cc1. The third kappa shape index (κ3) is 3.15. The normalized spacial score (nSPS) is 11.4. The Morgan fingerprint density at radius 3 is 2.55 bits per heavy atom. The lowest BCUT2D eigenvalue weighted by molar-refractivity contribution is -0.138. The van der Waals surface area contributed by atoms with Crippen molar-refractivity contribution >= 4 is 11.7 Å². The standard InChI is InChI=1S/C16H14N2O2/c1-11-5-7-13(8-6-11)15(16(19)20)18-14-4-2-3-12(9-14)10-17/h2-9,15,18H,1H3,(H,19,20). The van der Waals surface area contributed by atoms with Crippen molar-refractivity contribution in [3.63, 3.8) is 0 Å². The van der Waals surface area contributed by atoms with Crippen LogP contribution < -0.4 is 5.32 Å². The molecule has 0 amide bonds. The van der Waals surface area contributed by atoms with Crippen LogP contribution >= 0.6 is 0 Å². The third-order valence-corrected chi connectivity index (χ3v) is 2.96. The Labute approximate surface area is 117 Å². The number of hydrogen-bond donors (Lipinski definition) is 2. The van der Waals surface area contributed by atoms with E-state index in [1.54, 1.807) is 36.4 Å². The second-order valence-corrected chi connectivity index (χ2v) is 4.52. The molecule has 0 saturated heterocycles. The van der Waals surface area contributed by atoms with E-state index in [2.05, 4.69) is 5.32 Å². The Bertz CT molecular complexity index is 657. The van der Waals surface area contributed by atoms with E-state index >= 15 is 0 Å². The molecule has 4 nitrogen and oxygen atoms in total. The number of benzene rings is 2. The largest absolute Gasteiger partial charge is 0.479 e. The zero-order chi connectivity index (χ0) is 14.5. The van der Waals surface area contributed by atoms with Crippen LogP contribution in [0.25, 0.3) is 0 Å². The van der Waals surface area contributed by atoms with E-state index in [-0.39, 0.29) is 0 Å². The Morgan fingerprint density at radius 2 is 1.95 bits per heavy atom. The van der Waals surface area contributed by atoms with Crippen LogP contribution in [0.2, 0.25) is 0 Å². The smallest absolute Gasteiger partial charge is 0.330 e. The fourth-order valence-electron chi connectivity index (χ4n) is 1.89. The van der Waals surface area contributed by atoms with Crippen LogP contribution in [-0.4, -0.2) is 11.1 Å². The van der Waals surface area contributed by atoms with Crippen LogP contribution in [0, 0.1) is 18.3 Å². The van der Waals surface area contributed by atoms with Gasteiger partial charge in [0, 0.05) is 5.69 Å². The first-order chi connectivity index (χ1) is 9.60. The van der Waals surface area contributed by atoms with E-state index < -0.39 is 12.0 Å². The quantitative estimate of drug-likeness (QED) is 0.891. The summed E-state index contributed by atoms with van der Waals surface area (Å²) in [5.74, 6) is -0.962. The Morgan fingerprint density at radius 1 is 1.25 bits per heavy atom. The zero-order valence-corrected chi connectivity index (χ0v) is 11.0. The first-order valence-electron chi connectivity index (χ1n) is 6.16. The van der Waals surface area contributed by atoms with E-state index in [4.69, 9.17) is 5.26 Å². The minimum absolute atomic E-state index is 0.489. The van der Waals surface area contributed by atoms with E-state index in [1.807, 2.05) is 25.1 Å². The van der Waals surface area contributed by atoms with Crippen LogP contribution in [0.1, 0.15) is 22.7 Å². The van der Waals surface area contributed by atoms with E-state index in [1.165, 1.54) is 0 Å². The van der Waals surface area contributed by atoms with E-state index in [0.29, 0.717) is 16.8 Å². The predicted molar refractivity (Wildman–Crippen MR) is 76.3 cm³/mol. The van der Waals surface area contributed by atoms with Crippen LogP contribution in [0.5, 0.6) is 0 Å². The molecule has 100 valence electrons. The fourth-order valence-corrected chi connectivity index (χ4v) is 1.89. The summed E-state index contributed by atoms with van der Waals surface area (Å²) in [5, 5.41) is 21.2. The molecule has 1 unspecified atom stereocenters. The first kappa shape index (κ1) is 13.6. The highest BCUT2D eigenvalue weighted by atomic mass is 16.4. The van der Waals surface area contributed by atoms with Crippen molar-refractivity contribution in [2.75, 3.05) is 5.32 Å². The van der Waals surface area contributed by atoms with Crippen molar-refractivity contribution in [2.24, 2.45) is 0 Å². The maximum absolute atomic E-state index is 11.4. The molecule has 0 aliphatic rings. The summed E-state index contributed by atoms with van der Waals surface area (Å²) in [6.45, 7) is 1.95. The second-order valence-electron chi connectivity index (χ2n) is 4.52. The van der Waals surface area contributed by atoms with Gasteiger partial charge in [-0.3, -0.25) is 0 Å². The lowest BCUT2D eigenvalue weighted by Gasteiger charge is -2.16. The minimum Gasteiger partial charge on any atom is -0.479 e. The number of rotatable bonds is 4. The number of carboxylic acid groups (broad SMARTS) is 1. The van der Waals surface area contributed by atoms with Gasteiger partial charge >= 0.3 is 5.97 Å². The van der Waals surface area contributed by atoms with Crippen molar-refractivity contribution in [3.8, 4) is 6.07 Å². The molecular weight excluding hydrogens is 252 g/mol. The number of carbonyl (C=O) groups is 1. The maximum Gasteiger partial charge on any atom is 0.330 e. The molecule has 2 aromatic rings. The highest BCUT2D eigenvalue weighted by molar-refractivity contribution is 5.79. The molecule has 0 spiro atoms. The molecule has 1 atom stereocenters. The third-order valence-electron chi connectivity index (χ3n) is 2.96. The molecule has 0 heterocycles. The molecule has 0 aliphatic carbocycles. The minimum atomic E-state index is -0.962. The summed E-state index contributed by atoms with van der Waals surface area (Å²) in [5.41, 5.74) is 2.84. The fraction of sp³-hybridized carbons (Fsp3) is 0.125. The summed E-state index contributed by atoms with van der Waals surface area (Å²) in [6.07, 6.45) is 0. The zero-order valence-electron chi connectivity index (χ0n) is 11.0. The van der Waals surface area contributed by atoms with Gasteiger partial charge in [-0.15, -0.1) is 0 Å². The van der Waals surface area contributed by atoms with Gasteiger partial charge in [-0.1, -0.05) is 35.9 Å². The second kappa shape index (κ2) is 5.89. The molecule has 0 aliphatic heterocycles. The average Bonchev–Trinajstić information content (AvgIpc) is 2.46. The highest BCUT2D eigenvalue weighted by Crippen LogP contribution is 2.21. The van der Waals surface area contributed by atoms with Crippen molar-refractivity contribution < 1.29 is 9.90 Å². The van der Waals surface area contributed by atoms with Crippen LogP contribution in [0.3, 0.4) is 0 Å². The topological polar surface area (TPSA) is 73.1 Å². The molecule has 0 bridgehead atoms. The Balaban J connectivity index is 2.28. The first-order valence-corrected chi connectivity index (χ1v) is 6.16. The monoisotopic (exact) mass is 266 g/mol. The van der Waals surface area contributed by atoms with Gasteiger partial charge in [-0.2, -0.15) is 5.26 Å². The number of nitrogens with one attached hydrogen (secondary N) is 1. The van der Waals surface area contributed by atoms with Crippen molar-refractivity contribution in [1.29, 1.82) is 5.26 Å². The molecular formula is C16H14N2O2. The van der Waals surface area contributed by atoms with Crippen molar-refractivity contribution in [3.05, 3.63) is 65.2 Å². The lowest BCUT2D eigenvalue weighted by atomic mass is 10.0. The van der Waals surface area contributed by atoms with Gasteiger partial charge in [0.25, 0.3) is 0 Å². The molecule has 0 radical (unpaired) electrons. The van der Waals surface area contributed by atoms with Gasteiger partial charge in [0.2, 0.25) is 0 Å². The number of hydrogen-bond acceptors (Lipinski definition) is 3. The molecule has 4 heteroatoms.